The summed E-state index contributed by atoms with van der Waals surface area (Å²) in [6, 6.07) is 22.3. The highest BCUT2D eigenvalue weighted by Crippen LogP contribution is 2.19. The lowest BCUT2D eigenvalue weighted by Gasteiger charge is -2.19. The van der Waals surface area contributed by atoms with Crippen molar-refractivity contribution < 1.29 is 23.9 Å². The minimum absolute atomic E-state index is 0.168. The van der Waals surface area contributed by atoms with Gasteiger partial charge in [0, 0.05) is 28.7 Å². The molecule has 0 aromatic heterocycles. The highest BCUT2D eigenvalue weighted by Gasteiger charge is 2.16. The lowest BCUT2D eigenvalue weighted by molar-refractivity contribution is -0.118. The van der Waals surface area contributed by atoms with E-state index >= 15 is 0 Å². The predicted molar refractivity (Wildman–Crippen MR) is 131 cm³/mol. The Bertz CT molecular complexity index is 1140. The van der Waals surface area contributed by atoms with Crippen LogP contribution in [0.15, 0.2) is 78.9 Å². The van der Waals surface area contributed by atoms with Crippen LogP contribution in [0.4, 0.5) is 21.9 Å². The number of hydrogen-bond donors (Lipinski definition) is 3. The van der Waals surface area contributed by atoms with Crippen LogP contribution in [0.2, 0.25) is 0 Å². The number of amides is 3. The SMILES string of the molecule is CC(C)(C)OC(=O)Nc1ccc(C(=O)Nc2cccc(OCC(=O)Nc3ccccc3)c2)cc1. The molecule has 3 rings (SSSR count). The molecule has 0 fully saturated rings. The van der Waals surface area contributed by atoms with Crippen LogP contribution in [0, 0.1) is 0 Å². The van der Waals surface area contributed by atoms with Crippen LogP contribution in [-0.4, -0.2) is 30.1 Å². The summed E-state index contributed by atoms with van der Waals surface area (Å²) in [7, 11) is 0. The Balaban J connectivity index is 1.52. The van der Waals surface area contributed by atoms with E-state index in [1.807, 2.05) is 18.2 Å². The number of benzene rings is 3. The molecule has 0 unspecified atom stereocenters. The van der Waals surface area contributed by atoms with Gasteiger partial charge in [0.05, 0.1) is 0 Å². The van der Waals surface area contributed by atoms with Gasteiger partial charge < -0.3 is 20.1 Å². The van der Waals surface area contributed by atoms with Crippen molar-refractivity contribution in [3.05, 3.63) is 84.4 Å². The molecular formula is C26H27N3O5. The van der Waals surface area contributed by atoms with Crippen LogP contribution in [0.5, 0.6) is 5.75 Å². The molecule has 0 spiro atoms. The lowest BCUT2D eigenvalue weighted by Crippen LogP contribution is -2.27. The number of ether oxygens (including phenoxy) is 2. The minimum Gasteiger partial charge on any atom is -0.484 e. The topological polar surface area (TPSA) is 106 Å². The number of hydrogen-bond acceptors (Lipinski definition) is 5. The van der Waals surface area contributed by atoms with E-state index in [0.29, 0.717) is 28.4 Å². The molecule has 8 nitrogen and oxygen atoms in total. The third kappa shape index (κ3) is 7.98. The normalized spacial score (nSPS) is 10.7. The first-order valence-electron chi connectivity index (χ1n) is 10.7. The first kappa shape index (κ1) is 24.3. The van der Waals surface area contributed by atoms with E-state index in [1.54, 1.807) is 81.4 Å². The number of rotatable bonds is 7. The molecule has 176 valence electrons. The maximum absolute atomic E-state index is 12.6. The van der Waals surface area contributed by atoms with Crippen molar-refractivity contribution in [2.75, 3.05) is 22.6 Å². The Hall–Kier alpha value is -4.33. The molecule has 3 aromatic carbocycles. The quantitative estimate of drug-likeness (QED) is 0.443. The molecule has 0 heterocycles. The molecular weight excluding hydrogens is 434 g/mol. The molecule has 3 N–H and O–H groups in total. The molecule has 0 saturated heterocycles. The smallest absolute Gasteiger partial charge is 0.412 e. The summed E-state index contributed by atoms with van der Waals surface area (Å²) >= 11 is 0. The van der Waals surface area contributed by atoms with Crippen LogP contribution in [-0.2, 0) is 9.53 Å². The summed E-state index contributed by atoms with van der Waals surface area (Å²) in [5.41, 5.74) is 1.51. The molecule has 0 aliphatic rings. The average molecular weight is 462 g/mol. The van der Waals surface area contributed by atoms with E-state index in [0.717, 1.165) is 0 Å². The molecule has 0 bridgehead atoms. The van der Waals surface area contributed by atoms with Gasteiger partial charge in [0.1, 0.15) is 11.4 Å². The number of anilines is 3. The van der Waals surface area contributed by atoms with Crippen molar-refractivity contribution in [1.82, 2.24) is 0 Å². The zero-order chi connectivity index (χ0) is 24.6. The van der Waals surface area contributed by atoms with Crippen molar-refractivity contribution in [3.63, 3.8) is 0 Å². The molecule has 8 heteroatoms. The van der Waals surface area contributed by atoms with E-state index in [1.165, 1.54) is 0 Å². The first-order chi connectivity index (χ1) is 16.2. The molecule has 0 radical (unpaired) electrons. The van der Waals surface area contributed by atoms with Crippen molar-refractivity contribution >= 4 is 35.0 Å². The van der Waals surface area contributed by atoms with Crippen LogP contribution in [0.1, 0.15) is 31.1 Å². The Kier molecular flexibility index (Phi) is 7.87. The monoisotopic (exact) mass is 461 g/mol. The number of carbonyl (C=O) groups is 3. The van der Waals surface area contributed by atoms with Gasteiger partial charge in [-0.25, -0.2) is 4.79 Å². The second kappa shape index (κ2) is 11.0. The second-order valence-electron chi connectivity index (χ2n) is 8.39. The maximum atomic E-state index is 12.6. The summed E-state index contributed by atoms with van der Waals surface area (Å²) < 4.78 is 10.7. The first-order valence-corrected chi connectivity index (χ1v) is 10.7. The molecule has 0 aliphatic heterocycles. The Morgan fingerprint density at radius 3 is 2.06 bits per heavy atom. The molecule has 34 heavy (non-hydrogen) atoms. The van der Waals surface area contributed by atoms with E-state index in [-0.39, 0.29) is 18.4 Å². The Morgan fingerprint density at radius 1 is 0.735 bits per heavy atom. The van der Waals surface area contributed by atoms with E-state index in [4.69, 9.17) is 9.47 Å². The van der Waals surface area contributed by atoms with Gasteiger partial charge in [-0.05, 0) is 69.3 Å². The largest absolute Gasteiger partial charge is 0.484 e. The van der Waals surface area contributed by atoms with E-state index in [2.05, 4.69) is 16.0 Å². The van der Waals surface area contributed by atoms with Crippen LogP contribution >= 0.6 is 0 Å². The van der Waals surface area contributed by atoms with E-state index < -0.39 is 11.7 Å². The standard InChI is InChI=1S/C26H27N3O5/c1-26(2,3)34-25(32)29-20-14-12-18(13-15-20)24(31)28-21-10-7-11-22(16-21)33-17-23(30)27-19-8-5-4-6-9-19/h4-16H,17H2,1-3H3,(H,27,30)(H,28,31)(H,29,32). The number of para-hydroxylation sites is 1. The summed E-state index contributed by atoms with van der Waals surface area (Å²) in [6.45, 7) is 5.16. The molecule has 0 saturated carbocycles. The van der Waals surface area contributed by atoms with Gasteiger partial charge in [-0.1, -0.05) is 24.3 Å². The van der Waals surface area contributed by atoms with Gasteiger partial charge in [-0.2, -0.15) is 0 Å². The fourth-order valence-corrected chi connectivity index (χ4v) is 2.86. The fourth-order valence-electron chi connectivity index (χ4n) is 2.86. The van der Waals surface area contributed by atoms with Crippen molar-refractivity contribution in [3.8, 4) is 5.75 Å². The highest BCUT2D eigenvalue weighted by atomic mass is 16.6. The zero-order valence-electron chi connectivity index (χ0n) is 19.3. The Morgan fingerprint density at radius 2 is 1.38 bits per heavy atom. The van der Waals surface area contributed by atoms with Gasteiger partial charge in [0.2, 0.25) is 0 Å². The third-order valence-corrected chi connectivity index (χ3v) is 4.31. The van der Waals surface area contributed by atoms with Gasteiger partial charge in [-0.3, -0.25) is 14.9 Å². The van der Waals surface area contributed by atoms with Gasteiger partial charge in [-0.15, -0.1) is 0 Å². The second-order valence-corrected chi connectivity index (χ2v) is 8.39. The van der Waals surface area contributed by atoms with Crippen molar-refractivity contribution in [1.29, 1.82) is 0 Å². The lowest BCUT2D eigenvalue weighted by atomic mass is 10.2. The maximum Gasteiger partial charge on any atom is 0.412 e. The van der Waals surface area contributed by atoms with Gasteiger partial charge in [0.25, 0.3) is 11.8 Å². The van der Waals surface area contributed by atoms with Crippen LogP contribution in [0.3, 0.4) is 0 Å². The van der Waals surface area contributed by atoms with Gasteiger partial charge in [0.15, 0.2) is 6.61 Å². The fraction of sp³-hybridized carbons (Fsp3) is 0.192. The Labute approximate surface area is 198 Å². The summed E-state index contributed by atoms with van der Waals surface area (Å²) in [6.07, 6.45) is -0.570. The average Bonchev–Trinajstić information content (AvgIpc) is 2.78. The third-order valence-electron chi connectivity index (χ3n) is 4.31. The molecule has 0 atom stereocenters. The molecule has 0 aliphatic carbocycles. The number of nitrogens with one attached hydrogen (secondary N) is 3. The van der Waals surface area contributed by atoms with Crippen LogP contribution in [0.25, 0.3) is 0 Å². The van der Waals surface area contributed by atoms with Crippen molar-refractivity contribution in [2.45, 2.75) is 26.4 Å². The zero-order valence-corrected chi connectivity index (χ0v) is 19.3. The number of carbonyl (C=O) groups excluding carboxylic acids is 3. The summed E-state index contributed by atoms with van der Waals surface area (Å²) in [5, 5.41) is 8.14. The van der Waals surface area contributed by atoms with Gasteiger partial charge >= 0.3 is 6.09 Å². The molecule has 3 amide bonds. The predicted octanol–water partition coefficient (Wildman–Crippen LogP) is 5.30. The van der Waals surface area contributed by atoms with E-state index in [9.17, 15) is 14.4 Å². The minimum atomic E-state index is -0.603. The summed E-state index contributed by atoms with van der Waals surface area (Å²) in [4.78, 5) is 36.5. The van der Waals surface area contributed by atoms with Crippen LogP contribution < -0.4 is 20.7 Å². The molecule has 3 aromatic rings. The summed E-state index contributed by atoms with van der Waals surface area (Å²) in [5.74, 6) is -0.179. The highest BCUT2D eigenvalue weighted by molar-refractivity contribution is 6.04. The van der Waals surface area contributed by atoms with Crippen molar-refractivity contribution in [2.24, 2.45) is 0 Å².